The number of hydrogen-bond donors (Lipinski definition) is 0. The van der Waals surface area contributed by atoms with E-state index in [2.05, 4.69) is 13.8 Å². The van der Waals surface area contributed by atoms with Gasteiger partial charge in [-0.05, 0) is 56.2 Å². The van der Waals surface area contributed by atoms with Crippen molar-refractivity contribution < 1.29 is 28.5 Å². The molecule has 156 valence electrons. The van der Waals surface area contributed by atoms with Crippen molar-refractivity contribution in [1.82, 2.24) is 0 Å². The Morgan fingerprint density at radius 2 is 1.62 bits per heavy atom. The molecule has 2 aromatic rings. The summed E-state index contributed by atoms with van der Waals surface area (Å²) in [4.78, 5) is 24.2. The standard InChI is InChI=1S/C23H28O6/c1-6-27-22-12-18(8-10-21(22)28-13-15(2)3)23(25)29-14-19-11-17(16(4)24)7-9-20(19)26-5/h7-12,15H,6,13-14H2,1-5H3. The fraction of sp³-hybridized carbons (Fsp3) is 0.391. The molecule has 0 bridgehead atoms. The van der Waals surface area contributed by atoms with Crippen molar-refractivity contribution in [3.05, 3.63) is 53.1 Å². The minimum absolute atomic E-state index is 0.0152. The topological polar surface area (TPSA) is 71.1 Å². The lowest BCUT2D eigenvalue weighted by atomic mass is 10.1. The lowest BCUT2D eigenvalue weighted by Gasteiger charge is -2.15. The van der Waals surface area contributed by atoms with Crippen LogP contribution in [0.25, 0.3) is 0 Å². The summed E-state index contributed by atoms with van der Waals surface area (Å²) in [6, 6.07) is 10.0. The normalized spacial score (nSPS) is 10.6. The summed E-state index contributed by atoms with van der Waals surface area (Å²) in [5.41, 5.74) is 1.50. The second-order valence-corrected chi connectivity index (χ2v) is 6.96. The monoisotopic (exact) mass is 400 g/mol. The Morgan fingerprint density at radius 1 is 0.931 bits per heavy atom. The smallest absolute Gasteiger partial charge is 0.338 e. The first-order valence-electron chi connectivity index (χ1n) is 9.60. The van der Waals surface area contributed by atoms with Crippen LogP contribution in [0.15, 0.2) is 36.4 Å². The molecule has 0 N–H and O–H groups in total. The molecule has 0 amide bonds. The highest BCUT2D eigenvalue weighted by Crippen LogP contribution is 2.29. The zero-order valence-electron chi connectivity index (χ0n) is 17.6. The largest absolute Gasteiger partial charge is 0.496 e. The average molecular weight is 400 g/mol. The molecule has 0 fully saturated rings. The maximum absolute atomic E-state index is 12.5. The number of benzene rings is 2. The maximum Gasteiger partial charge on any atom is 0.338 e. The van der Waals surface area contributed by atoms with E-state index in [-0.39, 0.29) is 12.4 Å². The van der Waals surface area contributed by atoms with Crippen molar-refractivity contribution in [3.8, 4) is 17.2 Å². The quantitative estimate of drug-likeness (QED) is 0.426. The fourth-order valence-electron chi connectivity index (χ4n) is 2.62. The van der Waals surface area contributed by atoms with E-state index in [9.17, 15) is 9.59 Å². The molecule has 0 spiro atoms. The Morgan fingerprint density at radius 3 is 2.24 bits per heavy atom. The van der Waals surface area contributed by atoms with Gasteiger partial charge in [0.15, 0.2) is 17.3 Å². The van der Waals surface area contributed by atoms with Crippen molar-refractivity contribution in [2.75, 3.05) is 20.3 Å². The second kappa shape index (κ2) is 10.5. The first-order chi connectivity index (χ1) is 13.8. The molecule has 0 heterocycles. The van der Waals surface area contributed by atoms with Gasteiger partial charge in [-0.1, -0.05) is 13.8 Å². The highest BCUT2D eigenvalue weighted by molar-refractivity contribution is 5.94. The van der Waals surface area contributed by atoms with Crippen LogP contribution in [0.2, 0.25) is 0 Å². The van der Waals surface area contributed by atoms with Crippen molar-refractivity contribution in [3.63, 3.8) is 0 Å². The van der Waals surface area contributed by atoms with Gasteiger partial charge in [0.05, 0.1) is 25.9 Å². The molecule has 0 aliphatic heterocycles. The summed E-state index contributed by atoms with van der Waals surface area (Å²) >= 11 is 0. The molecular formula is C23H28O6. The Kier molecular flexibility index (Phi) is 8.07. The second-order valence-electron chi connectivity index (χ2n) is 6.96. The van der Waals surface area contributed by atoms with Crippen LogP contribution in [0.5, 0.6) is 17.2 Å². The lowest BCUT2D eigenvalue weighted by molar-refractivity contribution is 0.0469. The van der Waals surface area contributed by atoms with Crippen molar-refractivity contribution in [1.29, 1.82) is 0 Å². The van der Waals surface area contributed by atoms with Gasteiger partial charge in [-0.25, -0.2) is 4.79 Å². The van der Waals surface area contributed by atoms with Gasteiger partial charge >= 0.3 is 5.97 Å². The van der Waals surface area contributed by atoms with Gasteiger partial charge in [0, 0.05) is 11.1 Å². The number of carbonyl (C=O) groups excluding carboxylic acids is 2. The third-order valence-corrected chi connectivity index (χ3v) is 4.10. The Bertz CT molecular complexity index is 856. The molecule has 2 aromatic carbocycles. The van der Waals surface area contributed by atoms with Crippen LogP contribution >= 0.6 is 0 Å². The van der Waals surface area contributed by atoms with Gasteiger partial charge in [-0.15, -0.1) is 0 Å². The first-order valence-corrected chi connectivity index (χ1v) is 9.60. The minimum Gasteiger partial charge on any atom is -0.496 e. The number of methoxy groups -OCH3 is 1. The van der Waals surface area contributed by atoms with E-state index < -0.39 is 5.97 Å². The zero-order chi connectivity index (χ0) is 21.4. The minimum atomic E-state index is -0.503. The number of carbonyl (C=O) groups is 2. The van der Waals surface area contributed by atoms with E-state index in [0.717, 1.165) is 0 Å². The van der Waals surface area contributed by atoms with Crippen LogP contribution in [0, 0.1) is 5.92 Å². The molecule has 0 aliphatic rings. The van der Waals surface area contributed by atoms with Gasteiger partial charge in [0.1, 0.15) is 12.4 Å². The maximum atomic E-state index is 12.5. The fourth-order valence-corrected chi connectivity index (χ4v) is 2.62. The molecule has 6 nitrogen and oxygen atoms in total. The van der Waals surface area contributed by atoms with Gasteiger partial charge in [0.25, 0.3) is 0 Å². The molecule has 0 unspecified atom stereocenters. The number of Topliss-reactive ketones (excluding diaryl/α,β-unsaturated/α-hetero) is 1. The molecule has 2 rings (SSSR count). The van der Waals surface area contributed by atoms with E-state index >= 15 is 0 Å². The van der Waals surface area contributed by atoms with Crippen molar-refractivity contribution in [2.24, 2.45) is 5.92 Å². The third kappa shape index (κ3) is 6.24. The molecule has 0 aliphatic carbocycles. The first kappa shape index (κ1) is 22.3. The highest BCUT2D eigenvalue weighted by Gasteiger charge is 2.15. The number of ketones is 1. The Labute approximate surface area is 171 Å². The van der Waals surface area contributed by atoms with E-state index in [1.807, 2.05) is 6.92 Å². The van der Waals surface area contributed by atoms with Crippen LogP contribution in [0.1, 0.15) is 54.0 Å². The predicted molar refractivity (Wildman–Crippen MR) is 110 cm³/mol. The molecule has 0 aromatic heterocycles. The Hall–Kier alpha value is -3.02. The van der Waals surface area contributed by atoms with Crippen LogP contribution < -0.4 is 14.2 Å². The summed E-state index contributed by atoms with van der Waals surface area (Å²) in [6.45, 7) is 8.45. The van der Waals surface area contributed by atoms with E-state index in [1.54, 1.807) is 36.4 Å². The Balaban J connectivity index is 2.15. The highest BCUT2D eigenvalue weighted by atomic mass is 16.5. The SMILES string of the molecule is CCOc1cc(C(=O)OCc2cc(C(C)=O)ccc2OC)ccc1OCC(C)C. The summed E-state index contributed by atoms with van der Waals surface area (Å²) in [5.74, 6) is 1.44. The van der Waals surface area contributed by atoms with Gasteiger partial charge < -0.3 is 18.9 Å². The molecule has 6 heteroatoms. The number of esters is 1. The number of rotatable bonds is 10. The number of hydrogen-bond acceptors (Lipinski definition) is 6. The van der Waals surface area contributed by atoms with E-state index in [1.165, 1.54) is 14.0 Å². The predicted octanol–water partition coefficient (Wildman–Crippen LogP) is 4.69. The lowest BCUT2D eigenvalue weighted by Crippen LogP contribution is -2.09. The van der Waals surface area contributed by atoms with Crippen LogP contribution in [0.4, 0.5) is 0 Å². The van der Waals surface area contributed by atoms with Crippen molar-refractivity contribution >= 4 is 11.8 Å². The van der Waals surface area contributed by atoms with Crippen LogP contribution in [-0.2, 0) is 11.3 Å². The molecule has 0 saturated carbocycles. The van der Waals surface area contributed by atoms with E-state index in [4.69, 9.17) is 18.9 Å². The molecule has 0 saturated heterocycles. The average Bonchev–Trinajstić information content (AvgIpc) is 2.70. The zero-order valence-corrected chi connectivity index (χ0v) is 17.6. The molecule has 0 radical (unpaired) electrons. The summed E-state index contributed by atoms with van der Waals surface area (Å²) in [6.07, 6.45) is 0. The summed E-state index contributed by atoms with van der Waals surface area (Å²) in [7, 11) is 1.53. The van der Waals surface area contributed by atoms with Gasteiger partial charge in [0.2, 0.25) is 0 Å². The summed E-state index contributed by atoms with van der Waals surface area (Å²) < 4.78 is 22.1. The molecule has 0 atom stereocenters. The van der Waals surface area contributed by atoms with Crippen LogP contribution in [0.3, 0.4) is 0 Å². The molecule has 29 heavy (non-hydrogen) atoms. The molecular weight excluding hydrogens is 372 g/mol. The summed E-state index contributed by atoms with van der Waals surface area (Å²) in [5, 5.41) is 0. The van der Waals surface area contributed by atoms with E-state index in [0.29, 0.717) is 53.1 Å². The van der Waals surface area contributed by atoms with Crippen LogP contribution in [-0.4, -0.2) is 32.1 Å². The number of ether oxygens (including phenoxy) is 4. The van der Waals surface area contributed by atoms with Crippen molar-refractivity contribution in [2.45, 2.75) is 34.3 Å². The van der Waals surface area contributed by atoms with Gasteiger partial charge in [-0.3, -0.25) is 4.79 Å². The van der Waals surface area contributed by atoms with Gasteiger partial charge in [-0.2, -0.15) is 0 Å². The third-order valence-electron chi connectivity index (χ3n) is 4.10.